The molecule has 0 atom stereocenters. The van der Waals surface area contributed by atoms with E-state index in [0.717, 1.165) is 12.8 Å². The van der Waals surface area contributed by atoms with Crippen molar-refractivity contribution in [2.24, 2.45) is 5.41 Å². The molecule has 0 unspecified atom stereocenters. The highest BCUT2D eigenvalue weighted by atomic mass is 79.9. The maximum Gasteiger partial charge on any atom is 0.244 e. The molecule has 0 N–H and O–H groups in total. The zero-order valence-corrected chi connectivity index (χ0v) is 13.0. The molecule has 0 bridgehead atoms. The molecule has 0 saturated carbocycles. The zero-order chi connectivity index (χ0) is 13.4. The molecule has 4 nitrogen and oxygen atoms in total. The lowest BCUT2D eigenvalue weighted by Crippen LogP contribution is -2.41. The molecule has 6 heteroatoms. The fraction of sp³-hybridized carbons (Fsp3) is 0.583. The van der Waals surface area contributed by atoms with Gasteiger partial charge in [0, 0.05) is 30.0 Å². The average Bonchev–Trinajstić information content (AvgIpc) is 2.28. The van der Waals surface area contributed by atoms with E-state index in [1.807, 2.05) is 0 Å². The topological polar surface area (TPSA) is 50.3 Å². The lowest BCUT2D eigenvalue weighted by Gasteiger charge is -2.36. The third kappa shape index (κ3) is 2.92. The Balaban J connectivity index is 2.23. The van der Waals surface area contributed by atoms with Gasteiger partial charge < -0.3 is 0 Å². The first-order valence-corrected chi connectivity index (χ1v) is 8.15. The molecule has 100 valence electrons. The monoisotopic (exact) mass is 332 g/mol. The van der Waals surface area contributed by atoms with Crippen molar-refractivity contribution in [1.29, 1.82) is 0 Å². The van der Waals surface area contributed by atoms with Crippen LogP contribution in [0.15, 0.2) is 27.8 Å². The Hall–Kier alpha value is -0.460. The van der Waals surface area contributed by atoms with Crippen LogP contribution in [-0.4, -0.2) is 30.8 Å². The Morgan fingerprint density at radius 1 is 1.28 bits per heavy atom. The fourth-order valence-electron chi connectivity index (χ4n) is 2.01. The molecule has 1 aliphatic rings. The van der Waals surface area contributed by atoms with E-state index >= 15 is 0 Å². The molecule has 0 aromatic carbocycles. The number of pyridine rings is 1. The van der Waals surface area contributed by atoms with Gasteiger partial charge in [-0.2, -0.15) is 4.31 Å². The first-order chi connectivity index (χ1) is 8.31. The highest BCUT2D eigenvalue weighted by Crippen LogP contribution is 2.32. The van der Waals surface area contributed by atoms with Crippen LogP contribution in [0, 0.1) is 5.41 Å². The van der Waals surface area contributed by atoms with Crippen LogP contribution in [0.4, 0.5) is 0 Å². The van der Waals surface area contributed by atoms with Gasteiger partial charge in [0.25, 0.3) is 0 Å². The first-order valence-electron chi connectivity index (χ1n) is 5.92. The van der Waals surface area contributed by atoms with Gasteiger partial charge in [-0.25, -0.2) is 8.42 Å². The molecule has 1 aliphatic heterocycles. The summed E-state index contributed by atoms with van der Waals surface area (Å²) in [6.45, 7) is 5.53. The number of aromatic nitrogens is 1. The molecule has 2 heterocycles. The van der Waals surface area contributed by atoms with E-state index in [9.17, 15) is 8.42 Å². The van der Waals surface area contributed by atoms with Gasteiger partial charge in [0.2, 0.25) is 10.0 Å². The Kier molecular flexibility index (Phi) is 3.80. The number of nitrogens with zero attached hydrogens (tertiary/aromatic N) is 2. The molecular formula is C12H17BrN2O2S. The largest absolute Gasteiger partial charge is 0.262 e. The van der Waals surface area contributed by atoms with Gasteiger partial charge in [-0.3, -0.25) is 4.98 Å². The van der Waals surface area contributed by atoms with E-state index in [-0.39, 0.29) is 10.3 Å². The lowest BCUT2D eigenvalue weighted by atomic mass is 9.83. The smallest absolute Gasteiger partial charge is 0.244 e. The van der Waals surface area contributed by atoms with Gasteiger partial charge in [-0.05, 0) is 40.3 Å². The van der Waals surface area contributed by atoms with Crippen molar-refractivity contribution in [1.82, 2.24) is 9.29 Å². The normalized spacial score (nSPS) is 20.8. The number of hydrogen-bond acceptors (Lipinski definition) is 3. The standard InChI is InChI=1S/C12H17BrN2O2S/c1-12(2)3-5-15(6-4-12)18(16,17)11-7-10(13)8-14-9-11/h7-9H,3-6H2,1-2H3. The Bertz CT molecular complexity index is 533. The minimum atomic E-state index is -3.39. The number of halogens is 1. The lowest BCUT2D eigenvalue weighted by molar-refractivity contribution is 0.196. The van der Waals surface area contributed by atoms with Crippen molar-refractivity contribution in [3.05, 3.63) is 22.9 Å². The molecule has 2 rings (SSSR count). The summed E-state index contributed by atoms with van der Waals surface area (Å²) in [6.07, 6.45) is 4.78. The van der Waals surface area contributed by atoms with E-state index in [2.05, 4.69) is 34.8 Å². The first kappa shape index (κ1) is 14.0. The minimum absolute atomic E-state index is 0.238. The quantitative estimate of drug-likeness (QED) is 0.836. The summed E-state index contributed by atoms with van der Waals surface area (Å²) in [6, 6.07) is 1.60. The second-order valence-corrected chi connectivity index (χ2v) is 8.26. The minimum Gasteiger partial charge on any atom is -0.262 e. The van der Waals surface area contributed by atoms with E-state index < -0.39 is 10.0 Å². The van der Waals surface area contributed by atoms with Gasteiger partial charge in [-0.1, -0.05) is 13.8 Å². The van der Waals surface area contributed by atoms with Crippen LogP contribution in [0.2, 0.25) is 0 Å². The predicted octanol–water partition coefficient (Wildman–Crippen LogP) is 2.65. The third-order valence-electron chi connectivity index (χ3n) is 3.39. The average molecular weight is 333 g/mol. The van der Waals surface area contributed by atoms with Crippen LogP contribution in [0.1, 0.15) is 26.7 Å². The van der Waals surface area contributed by atoms with Crippen LogP contribution in [0.25, 0.3) is 0 Å². The predicted molar refractivity (Wildman–Crippen MR) is 73.7 cm³/mol. The summed E-state index contributed by atoms with van der Waals surface area (Å²) in [7, 11) is -3.39. The van der Waals surface area contributed by atoms with E-state index in [1.54, 1.807) is 16.6 Å². The summed E-state index contributed by atoms with van der Waals surface area (Å²) in [5, 5.41) is 0. The molecule has 1 aromatic heterocycles. The van der Waals surface area contributed by atoms with Gasteiger partial charge in [-0.15, -0.1) is 0 Å². The molecular weight excluding hydrogens is 316 g/mol. The fourth-order valence-corrected chi connectivity index (χ4v) is 3.96. The van der Waals surface area contributed by atoms with Crippen molar-refractivity contribution in [3.63, 3.8) is 0 Å². The summed E-state index contributed by atoms with van der Waals surface area (Å²) in [5.41, 5.74) is 0.238. The van der Waals surface area contributed by atoms with Crippen LogP contribution >= 0.6 is 15.9 Å². The number of sulfonamides is 1. The van der Waals surface area contributed by atoms with Gasteiger partial charge in [0.1, 0.15) is 4.90 Å². The zero-order valence-electron chi connectivity index (χ0n) is 10.6. The molecule has 1 fully saturated rings. The van der Waals surface area contributed by atoms with Crippen LogP contribution in [0.3, 0.4) is 0 Å². The van der Waals surface area contributed by atoms with Crippen LogP contribution in [0.5, 0.6) is 0 Å². The summed E-state index contributed by atoms with van der Waals surface area (Å²) in [5.74, 6) is 0. The van der Waals surface area contributed by atoms with Gasteiger partial charge in [0.15, 0.2) is 0 Å². The van der Waals surface area contributed by atoms with Crippen molar-refractivity contribution in [2.75, 3.05) is 13.1 Å². The molecule has 0 spiro atoms. The maximum atomic E-state index is 12.4. The molecule has 0 radical (unpaired) electrons. The number of rotatable bonds is 2. The van der Waals surface area contributed by atoms with E-state index in [0.29, 0.717) is 17.6 Å². The molecule has 0 aliphatic carbocycles. The Morgan fingerprint density at radius 2 is 1.89 bits per heavy atom. The second kappa shape index (κ2) is 4.90. The highest BCUT2D eigenvalue weighted by Gasteiger charge is 2.32. The van der Waals surface area contributed by atoms with E-state index in [1.165, 1.54) is 6.20 Å². The molecule has 1 aromatic rings. The van der Waals surface area contributed by atoms with Crippen LogP contribution in [-0.2, 0) is 10.0 Å². The number of hydrogen-bond donors (Lipinski definition) is 0. The third-order valence-corrected chi connectivity index (χ3v) is 5.69. The molecule has 1 saturated heterocycles. The molecule has 0 amide bonds. The van der Waals surface area contributed by atoms with Crippen molar-refractivity contribution >= 4 is 26.0 Å². The maximum absolute atomic E-state index is 12.4. The molecule has 18 heavy (non-hydrogen) atoms. The second-order valence-electron chi connectivity index (χ2n) is 5.41. The van der Waals surface area contributed by atoms with Crippen molar-refractivity contribution in [2.45, 2.75) is 31.6 Å². The SMILES string of the molecule is CC1(C)CCN(S(=O)(=O)c2cncc(Br)c2)CC1. The van der Waals surface area contributed by atoms with E-state index in [4.69, 9.17) is 0 Å². The van der Waals surface area contributed by atoms with Crippen molar-refractivity contribution in [3.8, 4) is 0 Å². The highest BCUT2D eigenvalue weighted by molar-refractivity contribution is 9.10. The summed E-state index contributed by atoms with van der Waals surface area (Å²) < 4.78 is 27.1. The summed E-state index contributed by atoms with van der Waals surface area (Å²) in [4.78, 5) is 4.18. The summed E-state index contributed by atoms with van der Waals surface area (Å²) >= 11 is 3.25. The van der Waals surface area contributed by atoms with Gasteiger partial charge >= 0.3 is 0 Å². The van der Waals surface area contributed by atoms with Gasteiger partial charge in [0.05, 0.1) is 0 Å². The number of piperidine rings is 1. The van der Waals surface area contributed by atoms with Crippen LogP contribution < -0.4 is 0 Å². The Labute approximate surface area is 117 Å². The van der Waals surface area contributed by atoms with Crippen molar-refractivity contribution < 1.29 is 8.42 Å². The Morgan fingerprint density at radius 3 is 2.44 bits per heavy atom.